The number of nitrogens with one attached hydrogen (secondary N) is 1. The average Bonchev–Trinajstić information content (AvgIpc) is 3.01. The van der Waals surface area contributed by atoms with Crippen molar-refractivity contribution < 1.29 is 23.7 Å². The SMILES string of the molecule is CNc1ncc2cc(-c3c(Cl)c(OC)cc(OC)c3Cl)c(=O)n(CCOC3CN(C(=O)C(C#N)=CC(C)(C)N(C)C4COC4)C3)c2n1. The Labute approximate surface area is 282 Å². The number of nitriles is 1. The molecule has 0 bridgehead atoms. The number of hydrogen-bond donors (Lipinski definition) is 1. The van der Waals surface area contributed by atoms with Gasteiger partial charge >= 0.3 is 0 Å². The summed E-state index contributed by atoms with van der Waals surface area (Å²) in [5.74, 6) is 0.581. The Morgan fingerprint density at radius 1 is 1.21 bits per heavy atom. The fraction of sp³-hybridized carbons (Fsp3) is 0.469. The number of hydrogen-bond acceptors (Lipinski definition) is 11. The Kier molecular flexibility index (Phi) is 10.3. The van der Waals surface area contributed by atoms with Gasteiger partial charge in [-0.3, -0.25) is 19.1 Å². The molecule has 2 aromatic heterocycles. The van der Waals surface area contributed by atoms with Gasteiger partial charge in [0.15, 0.2) is 0 Å². The Balaban J connectivity index is 1.34. The van der Waals surface area contributed by atoms with Gasteiger partial charge in [0.2, 0.25) is 5.95 Å². The minimum Gasteiger partial charge on any atom is -0.495 e. The van der Waals surface area contributed by atoms with Gasteiger partial charge < -0.3 is 29.2 Å². The molecule has 0 radical (unpaired) electrons. The van der Waals surface area contributed by atoms with Crippen molar-refractivity contribution in [2.45, 2.75) is 38.1 Å². The Bertz CT molecular complexity index is 1780. The van der Waals surface area contributed by atoms with Gasteiger partial charge in [-0.05, 0) is 33.0 Å². The number of likely N-dealkylation sites (tertiary alicyclic amines) is 1. The van der Waals surface area contributed by atoms with Gasteiger partial charge in [-0.1, -0.05) is 23.2 Å². The molecule has 2 aliphatic heterocycles. The summed E-state index contributed by atoms with van der Waals surface area (Å²) in [5, 5.41) is 13.6. The lowest BCUT2D eigenvalue weighted by Crippen LogP contribution is -2.56. The second kappa shape index (κ2) is 14.0. The van der Waals surface area contributed by atoms with Crippen LogP contribution in [0.3, 0.4) is 0 Å². The van der Waals surface area contributed by atoms with E-state index < -0.39 is 11.1 Å². The van der Waals surface area contributed by atoms with E-state index in [0.29, 0.717) is 54.8 Å². The summed E-state index contributed by atoms with van der Waals surface area (Å²) >= 11 is 13.4. The van der Waals surface area contributed by atoms with Crippen molar-refractivity contribution in [1.82, 2.24) is 24.3 Å². The summed E-state index contributed by atoms with van der Waals surface area (Å²) in [6.45, 7) is 6.12. The third-order valence-electron chi connectivity index (χ3n) is 8.62. The minimum absolute atomic E-state index is 0.0851. The number of anilines is 1. The number of benzene rings is 1. The van der Waals surface area contributed by atoms with Crippen LogP contribution in [0.5, 0.6) is 11.5 Å². The zero-order chi connectivity index (χ0) is 34.0. The summed E-state index contributed by atoms with van der Waals surface area (Å²) in [4.78, 5) is 39.7. The molecule has 4 heterocycles. The monoisotopic (exact) mass is 685 g/mol. The van der Waals surface area contributed by atoms with E-state index in [1.54, 1.807) is 36.4 Å². The normalized spacial score (nSPS) is 15.7. The van der Waals surface area contributed by atoms with Crippen molar-refractivity contribution in [3.05, 3.63) is 50.4 Å². The summed E-state index contributed by atoms with van der Waals surface area (Å²) in [5.41, 5.74) is 0.0211. The van der Waals surface area contributed by atoms with Gasteiger partial charge in [0.25, 0.3) is 11.5 Å². The van der Waals surface area contributed by atoms with E-state index in [2.05, 4.69) is 26.3 Å². The van der Waals surface area contributed by atoms with Gasteiger partial charge in [-0.15, -0.1) is 0 Å². The molecule has 3 aromatic rings. The molecular formula is C32H37Cl2N7O6. The van der Waals surface area contributed by atoms with Crippen molar-refractivity contribution in [1.29, 1.82) is 5.26 Å². The van der Waals surface area contributed by atoms with Crippen molar-refractivity contribution >= 4 is 46.1 Å². The highest BCUT2D eigenvalue weighted by Crippen LogP contribution is 2.45. The van der Waals surface area contributed by atoms with Crippen LogP contribution >= 0.6 is 23.2 Å². The number of amides is 1. The lowest BCUT2D eigenvalue weighted by Gasteiger charge is -2.43. The molecule has 0 unspecified atom stereocenters. The Morgan fingerprint density at radius 2 is 1.87 bits per heavy atom. The van der Waals surface area contributed by atoms with Crippen LogP contribution in [-0.4, -0.2) is 109 Å². The van der Waals surface area contributed by atoms with Crippen LogP contribution in [0.2, 0.25) is 10.0 Å². The highest BCUT2D eigenvalue weighted by molar-refractivity contribution is 6.41. The number of rotatable bonds is 12. The zero-order valence-electron chi connectivity index (χ0n) is 27.1. The van der Waals surface area contributed by atoms with E-state index in [0.717, 1.165) is 0 Å². The summed E-state index contributed by atoms with van der Waals surface area (Å²) in [6.07, 6.45) is 3.05. The van der Waals surface area contributed by atoms with Gasteiger partial charge in [0.1, 0.15) is 28.8 Å². The summed E-state index contributed by atoms with van der Waals surface area (Å²) in [6, 6.07) is 5.50. The molecule has 2 fully saturated rings. The topological polar surface area (TPSA) is 144 Å². The van der Waals surface area contributed by atoms with Crippen LogP contribution in [0.4, 0.5) is 5.95 Å². The first-order chi connectivity index (χ1) is 22.4. The molecule has 250 valence electrons. The molecule has 0 spiro atoms. The predicted octanol–water partition coefficient (Wildman–Crippen LogP) is 3.61. The molecule has 0 saturated carbocycles. The smallest absolute Gasteiger partial charge is 0.264 e. The molecule has 1 aromatic carbocycles. The maximum Gasteiger partial charge on any atom is 0.264 e. The van der Waals surface area contributed by atoms with Crippen LogP contribution in [0.1, 0.15) is 13.8 Å². The Hall–Kier alpha value is -3.93. The first-order valence-corrected chi connectivity index (χ1v) is 15.7. The van der Waals surface area contributed by atoms with Crippen LogP contribution < -0.4 is 20.3 Å². The molecule has 1 N–H and O–H groups in total. The number of pyridine rings is 1. The van der Waals surface area contributed by atoms with Crippen molar-refractivity contribution in [3.63, 3.8) is 0 Å². The summed E-state index contributed by atoms with van der Waals surface area (Å²) < 4.78 is 23.7. The van der Waals surface area contributed by atoms with Gasteiger partial charge in [-0.25, -0.2) is 4.98 Å². The van der Waals surface area contributed by atoms with E-state index in [9.17, 15) is 14.9 Å². The largest absolute Gasteiger partial charge is 0.495 e. The molecule has 47 heavy (non-hydrogen) atoms. The predicted molar refractivity (Wildman–Crippen MR) is 178 cm³/mol. The number of aromatic nitrogens is 3. The molecule has 13 nitrogen and oxygen atoms in total. The highest BCUT2D eigenvalue weighted by atomic mass is 35.5. The average molecular weight is 687 g/mol. The van der Waals surface area contributed by atoms with Gasteiger partial charge in [-0.2, -0.15) is 10.2 Å². The fourth-order valence-corrected chi connectivity index (χ4v) is 6.20. The summed E-state index contributed by atoms with van der Waals surface area (Å²) in [7, 11) is 6.56. The number of fused-ring (bicyclic) bond motifs is 1. The van der Waals surface area contributed by atoms with Crippen LogP contribution in [-0.2, 0) is 20.8 Å². The number of halogens is 2. The molecule has 15 heteroatoms. The van der Waals surface area contributed by atoms with Crippen molar-refractivity contribution in [2.75, 3.05) is 66.5 Å². The standard InChI is InChI=1S/C32H37Cl2N7O6/c1-32(2,39(4)20-16-46-17-20)11-19(12-35)29(42)40-14-21(15-40)47-8-7-41-28-18(13-37-31(36-3)38-28)9-22(30(41)43)25-26(33)23(44-5)10-24(45-6)27(25)34/h9-11,13,20-21H,7-8,14-17H2,1-6H3,(H,36,37,38). The van der Waals surface area contributed by atoms with E-state index in [4.69, 9.17) is 42.1 Å². The van der Waals surface area contributed by atoms with E-state index in [1.165, 1.54) is 18.8 Å². The molecule has 2 saturated heterocycles. The van der Waals surface area contributed by atoms with Crippen molar-refractivity contribution in [3.8, 4) is 28.7 Å². The molecule has 0 aliphatic carbocycles. The number of carbonyl (C=O) groups is 1. The quantitative estimate of drug-likeness (QED) is 0.221. The zero-order valence-corrected chi connectivity index (χ0v) is 28.6. The number of methoxy groups -OCH3 is 2. The van der Waals surface area contributed by atoms with E-state index in [-0.39, 0.29) is 57.9 Å². The first kappa shape index (κ1) is 34.4. The third-order valence-corrected chi connectivity index (χ3v) is 9.37. The second-order valence-electron chi connectivity index (χ2n) is 11.9. The lowest BCUT2D eigenvalue weighted by molar-refractivity contribution is -0.140. The first-order valence-electron chi connectivity index (χ1n) is 15.0. The number of likely N-dealkylation sites (N-methyl/N-ethyl adjacent to an activating group) is 1. The van der Waals surface area contributed by atoms with Crippen LogP contribution in [0.25, 0.3) is 22.2 Å². The number of nitrogens with zero attached hydrogens (tertiary/aromatic N) is 6. The van der Waals surface area contributed by atoms with E-state index >= 15 is 0 Å². The molecule has 0 atom stereocenters. The second-order valence-corrected chi connectivity index (χ2v) is 12.6. The highest BCUT2D eigenvalue weighted by Gasteiger charge is 2.36. The van der Waals surface area contributed by atoms with E-state index in [1.807, 2.05) is 20.9 Å². The minimum atomic E-state index is -0.512. The number of ether oxygens (including phenoxy) is 4. The van der Waals surface area contributed by atoms with Gasteiger partial charge in [0.05, 0.1) is 68.3 Å². The fourth-order valence-electron chi connectivity index (χ4n) is 5.49. The molecule has 1 amide bonds. The number of carbonyl (C=O) groups excluding carboxylic acids is 1. The van der Waals surface area contributed by atoms with Gasteiger partial charge in [0, 0.05) is 48.9 Å². The maximum absolute atomic E-state index is 14.0. The van der Waals surface area contributed by atoms with Crippen molar-refractivity contribution in [2.24, 2.45) is 0 Å². The third kappa shape index (κ3) is 6.75. The Morgan fingerprint density at radius 3 is 2.43 bits per heavy atom. The van der Waals surface area contributed by atoms with Crippen LogP contribution in [0.15, 0.2) is 34.8 Å². The molecular weight excluding hydrogens is 649 g/mol. The lowest BCUT2D eigenvalue weighted by atomic mass is 9.96. The van der Waals surface area contributed by atoms with Crippen LogP contribution in [0, 0.1) is 11.3 Å². The maximum atomic E-state index is 14.0. The molecule has 2 aliphatic rings. The molecule has 5 rings (SSSR count).